The van der Waals surface area contributed by atoms with Crippen molar-refractivity contribution in [1.82, 2.24) is 0 Å². The molecule has 0 saturated carbocycles. The molecule has 2 nitrogen and oxygen atoms in total. The van der Waals surface area contributed by atoms with Gasteiger partial charge in [-0.3, -0.25) is 0 Å². The molecular weight excluding hydrogens is 145 g/mol. The highest BCUT2D eigenvalue weighted by molar-refractivity contribution is 5.58. The molecule has 0 bridgehead atoms. The van der Waals surface area contributed by atoms with E-state index in [2.05, 4.69) is 5.32 Å². The van der Waals surface area contributed by atoms with E-state index >= 15 is 0 Å². The SMILES string of the molecule is Oc1ccc2c(c1)C(F)CN2. The second-order valence-electron chi connectivity index (χ2n) is 2.62. The number of rotatable bonds is 0. The van der Waals surface area contributed by atoms with Gasteiger partial charge in [0.1, 0.15) is 11.9 Å². The molecule has 3 heteroatoms. The third-order valence-corrected chi connectivity index (χ3v) is 1.84. The molecule has 0 radical (unpaired) electrons. The van der Waals surface area contributed by atoms with E-state index in [0.717, 1.165) is 5.69 Å². The lowest BCUT2D eigenvalue weighted by molar-refractivity contribution is 0.372. The van der Waals surface area contributed by atoms with Gasteiger partial charge < -0.3 is 10.4 Å². The number of hydrogen-bond donors (Lipinski definition) is 2. The van der Waals surface area contributed by atoms with Crippen molar-refractivity contribution in [3.63, 3.8) is 0 Å². The second kappa shape index (κ2) is 2.12. The molecule has 0 spiro atoms. The molecule has 1 aromatic rings. The number of benzene rings is 1. The summed E-state index contributed by atoms with van der Waals surface area (Å²) in [5.41, 5.74) is 1.35. The van der Waals surface area contributed by atoms with E-state index in [1.165, 1.54) is 6.07 Å². The van der Waals surface area contributed by atoms with Gasteiger partial charge in [0.05, 0.1) is 6.54 Å². The average molecular weight is 153 g/mol. The van der Waals surface area contributed by atoms with Gasteiger partial charge in [-0.1, -0.05) is 0 Å². The number of anilines is 1. The number of hydrogen-bond acceptors (Lipinski definition) is 2. The van der Waals surface area contributed by atoms with Gasteiger partial charge >= 0.3 is 0 Å². The highest BCUT2D eigenvalue weighted by atomic mass is 19.1. The van der Waals surface area contributed by atoms with Crippen LogP contribution in [0.3, 0.4) is 0 Å². The van der Waals surface area contributed by atoms with Crippen molar-refractivity contribution < 1.29 is 9.50 Å². The van der Waals surface area contributed by atoms with Gasteiger partial charge in [0.15, 0.2) is 0 Å². The predicted molar refractivity (Wildman–Crippen MR) is 40.4 cm³/mol. The Kier molecular flexibility index (Phi) is 1.24. The summed E-state index contributed by atoms with van der Waals surface area (Å²) in [7, 11) is 0. The van der Waals surface area contributed by atoms with Crippen LogP contribution in [-0.2, 0) is 0 Å². The highest BCUT2D eigenvalue weighted by Crippen LogP contribution is 2.34. The van der Waals surface area contributed by atoms with Crippen molar-refractivity contribution in [2.24, 2.45) is 0 Å². The smallest absolute Gasteiger partial charge is 0.144 e. The Hall–Kier alpha value is -1.25. The minimum absolute atomic E-state index is 0.120. The predicted octanol–water partition coefficient (Wildman–Crippen LogP) is 1.83. The largest absolute Gasteiger partial charge is 0.508 e. The summed E-state index contributed by atoms with van der Waals surface area (Å²) >= 11 is 0. The fraction of sp³-hybridized carbons (Fsp3) is 0.250. The molecule has 0 aromatic heterocycles. The number of halogens is 1. The first-order valence-corrected chi connectivity index (χ1v) is 3.48. The third-order valence-electron chi connectivity index (χ3n) is 1.84. The van der Waals surface area contributed by atoms with Crippen LogP contribution in [0.15, 0.2) is 18.2 Å². The lowest BCUT2D eigenvalue weighted by Gasteiger charge is -1.99. The molecule has 1 aliphatic heterocycles. The molecule has 0 fully saturated rings. The molecule has 1 atom stereocenters. The van der Waals surface area contributed by atoms with Gasteiger partial charge in [-0.25, -0.2) is 4.39 Å². The van der Waals surface area contributed by atoms with Crippen molar-refractivity contribution in [3.8, 4) is 5.75 Å². The Morgan fingerprint density at radius 2 is 2.36 bits per heavy atom. The fourth-order valence-electron chi connectivity index (χ4n) is 1.28. The molecule has 1 aromatic carbocycles. The van der Waals surface area contributed by atoms with Gasteiger partial charge in [0.25, 0.3) is 0 Å². The molecule has 1 heterocycles. The first kappa shape index (κ1) is 6.46. The standard InChI is InChI=1S/C8H8FNO/c9-7-4-10-8-2-1-5(11)3-6(7)8/h1-3,7,10-11H,4H2. The molecule has 0 saturated heterocycles. The Morgan fingerprint density at radius 3 is 3.18 bits per heavy atom. The number of fused-ring (bicyclic) bond motifs is 1. The Morgan fingerprint density at radius 1 is 1.55 bits per heavy atom. The van der Waals surface area contributed by atoms with Crippen LogP contribution >= 0.6 is 0 Å². The minimum Gasteiger partial charge on any atom is -0.508 e. The maximum absolute atomic E-state index is 12.9. The number of phenols is 1. The van der Waals surface area contributed by atoms with Crippen LogP contribution in [0.25, 0.3) is 0 Å². The van der Waals surface area contributed by atoms with Gasteiger partial charge in [-0.15, -0.1) is 0 Å². The summed E-state index contributed by atoms with van der Waals surface area (Å²) in [5.74, 6) is 0.120. The molecule has 1 aliphatic rings. The molecule has 0 amide bonds. The van der Waals surface area contributed by atoms with E-state index in [1.807, 2.05) is 0 Å². The molecule has 2 N–H and O–H groups in total. The van der Waals surface area contributed by atoms with Gasteiger partial charge in [0.2, 0.25) is 0 Å². The topological polar surface area (TPSA) is 32.3 Å². The van der Waals surface area contributed by atoms with Crippen LogP contribution in [0.2, 0.25) is 0 Å². The Labute approximate surface area is 63.7 Å². The Balaban J connectivity index is 2.52. The van der Waals surface area contributed by atoms with Crippen molar-refractivity contribution >= 4 is 5.69 Å². The molecule has 1 unspecified atom stereocenters. The number of alkyl halides is 1. The Bertz CT molecular complexity index is 287. The van der Waals surface area contributed by atoms with Crippen LogP contribution in [0, 0.1) is 0 Å². The summed E-state index contributed by atoms with van der Waals surface area (Å²) in [6, 6.07) is 4.69. The van der Waals surface area contributed by atoms with Crippen molar-refractivity contribution in [3.05, 3.63) is 23.8 Å². The van der Waals surface area contributed by atoms with E-state index in [4.69, 9.17) is 5.11 Å². The average Bonchev–Trinajstić information content (AvgIpc) is 2.33. The van der Waals surface area contributed by atoms with Crippen molar-refractivity contribution in [1.29, 1.82) is 0 Å². The van der Waals surface area contributed by atoms with E-state index < -0.39 is 6.17 Å². The zero-order valence-corrected chi connectivity index (χ0v) is 5.84. The number of aromatic hydroxyl groups is 1. The maximum atomic E-state index is 12.9. The van der Waals surface area contributed by atoms with E-state index in [0.29, 0.717) is 12.1 Å². The van der Waals surface area contributed by atoms with E-state index in [1.54, 1.807) is 12.1 Å². The molecule has 0 aliphatic carbocycles. The first-order chi connectivity index (χ1) is 5.27. The van der Waals surface area contributed by atoms with Crippen LogP contribution in [0.4, 0.5) is 10.1 Å². The molecular formula is C8H8FNO. The van der Waals surface area contributed by atoms with E-state index in [-0.39, 0.29) is 5.75 Å². The number of nitrogens with one attached hydrogen (secondary N) is 1. The second-order valence-corrected chi connectivity index (χ2v) is 2.62. The minimum atomic E-state index is -0.975. The monoisotopic (exact) mass is 153 g/mol. The lowest BCUT2D eigenvalue weighted by Crippen LogP contribution is -1.94. The maximum Gasteiger partial charge on any atom is 0.144 e. The summed E-state index contributed by atoms with van der Waals surface area (Å²) in [4.78, 5) is 0. The summed E-state index contributed by atoms with van der Waals surface area (Å²) in [6.45, 7) is 0.318. The quantitative estimate of drug-likeness (QED) is 0.557. The summed E-state index contributed by atoms with van der Waals surface area (Å²) < 4.78 is 12.9. The van der Waals surface area contributed by atoms with Crippen LogP contribution in [0.1, 0.15) is 11.7 Å². The van der Waals surface area contributed by atoms with E-state index in [9.17, 15) is 4.39 Å². The fourth-order valence-corrected chi connectivity index (χ4v) is 1.28. The molecule has 58 valence electrons. The molecule has 11 heavy (non-hydrogen) atoms. The highest BCUT2D eigenvalue weighted by Gasteiger charge is 2.21. The normalized spacial score (nSPS) is 21.0. The van der Waals surface area contributed by atoms with Gasteiger partial charge in [-0.2, -0.15) is 0 Å². The number of phenolic OH excluding ortho intramolecular Hbond substituents is 1. The molecule has 2 rings (SSSR count). The zero-order chi connectivity index (χ0) is 7.84. The van der Waals surface area contributed by atoms with Gasteiger partial charge in [-0.05, 0) is 18.2 Å². The third kappa shape index (κ3) is 0.926. The van der Waals surface area contributed by atoms with Crippen LogP contribution < -0.4 is 5.32 Å². The van der Waals surface area contributed by atoms with Gasteiger partial charge in [0, 0.05) is 11.3 Å². The van der Waals surface area contributed by atoms with Crippen molar-refractivity contribution in [2.75, 3.05) is 11.9 Å². The van der Waals surface area contributed by atoms with Crippen LogP contribution in [0.5, 0.6) is 5.75 Å². The zero-order valence-electron chi connectivity index (χ0n) is 5.84. The summed E-state index contributed by atoms with van der Waals surface area (Å²) in [5, 5.41) is 11.9. The van der Waals surface area contributed by atoms with Crippen molar-refractivity contribution in [2.45, 2.75) is 6.17 Å². The first-order valence-electron chi connectivity index (χ1n) is 3.48. The van der Waals surface area contributed by atoms with Crippen LogP contribution in [-0.4, -0.2) is 11.7 Å². The summed E-state index contributed by atoms with van der Waals surface area (Å²) in [6.07, 6.45) is -0.975. The lowest BCUT2D eigenvalue weighted by atomic mass is 10.1.